The quantitative estimate of drug-likeness (QED) is 0.894. The van der Waals surface area contributed by atoms with Crippen LogP contribution in [0.3, 0.4) is 0 Å². The Morgan fingerprint density at radius 1 is 1.14 bits per heavy atom. The van der Waals surface area contributed by atoms with Crippen LogP contribution in [0.15, 0.2) is 24.3 Å². The minimum Gasteiger partial charge on any atom is -0.344 e. The van der Waals surface area contributed by atoms with Crippen molar-refractivity contribution >= 4 is 17.5 Å². The highest BCUT2D eigenvalue weighted by Crippen LogP contribution is 2.23. The van der Waals surface area contributed by atoms with E-state index in [0.29, 0.717) is 0 Å². The van der Waals surface area contributed by atoms with Crippen LogP contribution in [0.2, 0.25) is 0 Å². The molecule has 2 rings (SSSR count). The molecule has 0 aliphatic heterocycles. The standard InChI is InChI=1S/C17H24N2O2/c1-12-8-6-7-11-15(12)19-16(20)13(2)18-17(21)14-9-4-3-5-10-14/h6-8,11,13-14H,3-5,9-10H2,1-2H3,(H,18,21)(H,19,20)/t13-/m0/s1. The first-order chi connectivity index (χ1) is 10.1. The zero-order valence-corrected chi connectivity index (χ0v) is 12.8. The third kappa shape index (κ3) is 4.31. The summed E-state index contributed by atoms with van der Waals surface area (Å²) in [5, 5.41) is 5.70. The molecule has 1 saturated carbocycles. The fourth-order valence-electron chi connectivity index (χ4n) is 2.72. The molecule has 21 heavy (non-hydrogen) atoms. The number of hydrogen-bond acceptors (Lipinski definition) is 2. The maximum Gasteiger partial charge on any atom is 0.246 e. The monoisotopic (exact) mass is 288 g/mol. The van der Waals surface area contributed by atoms with Crippen molar-refractivity contribution in [3.63, 3.8) is 0 Å². The lowest BCUT2D eigenvalue weighted by Gasteiger charge is -2.23. The topological polar surface area (TPSA) is 58.2 Å². The fraction of sp³-hybridized carbons (Fsp3) is 0.529. The van der Waals surface area contributed by atoms with Gasteiger partial charge in [-0.25, -0.2) is 0 Å². The van der Waals surface area contributed by atoms with Gasteiger partial charge in [-0.3, -0.25) is 9.59 Å². The molecular formula is C17H24N2O2. The second kappa shape index (κ2) is 7.25. The van der Waals surface area contributed by atoms with E-state index in [4.69, 9.17) is 0 Å². The molecule has 2 N–H and O–H groups in total. The van der Waals surface area contributed by atoms with E-state index in [0.717, 1.165) is 36.9 Å². The first-order valence-corrected chi connectivity index (χ1v) is 7.75. The summed E-state index contributed by atoms with van der Waals surface area (Å²) in [7, 11) is 0. The molecular weight excluding hydrogens is 264 g/mol. The van der Waals surface area contributed by atoms with Crippen LogP contribution in [0.5, 0.6) is 0 Å². The van der Waals surface area contributed by atoms with Gasteiger partial charge < -0.3 is 10.6 Å². The Labute approximate surface area is 126 Å². The summed E-state index contributed by atoms with van der Waals surface area (Å²) in [6.07, 6.45) is 5.33. The molecule has 1 aliphatic carbocycles. The molecule has 1 aromatic rings. The van der Waals surface area contributed by atoms with Crippen LogP contribution in [0.4, 0.5) is 5.69 Å². The van der Waals surface area contributed by atoms with Gasteiger partial charge in [0.1, 0.15) is 6.04 Å². The zero-order valence-electron chi connectivity index (χ0n) is 12.8. The lowest BCUT2D eigenvalue weighted by atomic mass is 9.88. The molecule has 0 heterocycles. The lowest BCUT2D eigenvalue weighted by molar-refractivity contribution is -0.129. The highest BCUT2D eigenvalue weighted by atomic mass is 16.2. The average molecular weight is 288 g/mol. The van der Waals surface area contributed by atoms with Crippen molar-refractivity contribution < 1.29 is 9.59 Å². The normalized spacial score (nSPS) is 17.0. The number of anilines is 1. The van der Waals surface area contributed by atoms with Crippen molar-refractivity contribution in [1.29, 1.82) is 0 Å². The van der Waals surface area contributed by atoms with E-state index in [2.05, 4.69) is 10.6 Å². The van der Waals surface area contributed by atoms with Crippen molar-refractivity contribution in [2.45, 2.75) is 52.0 Å². The van der Waals surface area contributed by atoms with Gasteiger partial charge in [-0.1, -0.05) is 37.5 Å². The second-order valence-electron chi connectivity index (χ2n) is 5.87. The van der Waals surface area contributed by atoms with Gasteiger partial charge in [0.25, 0.3) is 0 Å². The van der Waals surface area contributed by atoms with Crippen LogP contribution >= 0.6 is 0 Å². The summed E-state index contributed by atoms with van der Waals surface area (Å²) >= 11 is 0. The van der Waals surface area contributed by atoms with Crippen LogP contribution in [-0.4, -0.2) is 17.9 Å². The van der Waals surface area contributed by atoms with Crippen LogP contribution in [-0.2, 0) is 9.59 Å². The lowest BCUT2D eigenvalue weighted by Crippen LogP contribution is -2.44. The molecule has 1 aliphatic rings. The highest BCUT2D eigenvalue weighted by Gasteiger charge is 2.24. The summed E-state index contributed by atoms with van der Waals surface area (Å²) in [6, 6.07) is 7.11. The van der Waals surface area contributed by atoms with Gasteiger partial charge in [0.2, 0.25) is 11.8 Å². The van der Waals surface area contributed by atoms with Gasteiger partial charge in [0.05, 0.1) is 0 Å². The Hall–Kier alpha value is -1.84. The molecule has 1 atom stereocenters. The van der Waals surface area contributed by atoms with E-state index >= 15 is 0 Å². The van der Waals surface area contributed by atoms with E-state index in [1.54, 1.807) is 6.92 Å². The van der Waals surface area contributed by atoms with Gasteiger partial charge in [0.15, 0.2) is 0 Å². The molecule has 0 aromatic heterocycles. The number of para-hydroxylation sites is 1. The molecule has 114 valence electrons. The molecule has 1 fully saturated rings. The van der Waals surface area contributed by atoms with E-state index in [9.17, 15) is 9.59 Å². The maximum atomic E-state index is 12.2. The van der Waals surface area contributed by atoms with Gasteiger partial charge in [-0.15, -0.1) is 0 Å². The van der Waals surface area contributed by atoms with Crippen molar-refractivity contribution in [1.82, 2.24) is 5.32 Å². The number of amides is 2. The number of carbonyl (C=O) groups is 2. The smallest absolute Gasteiger partial charge is 0.246 e. The Morgan fingerprint density at radius 3 is 2.48 bits per heavy atom. The zero-order chi connectivity index (χ0) is 15.2. The van der Waals surface area contributed by atoms with Crippen molar-refractivity contribution in [3.8, 4) is 0 Å². The van der Waals surface area contributed by atoms with Crippen molar-refractivity contribution in [3.05, 3.63) is 29.8 Å². The van der Waals surface area contributed by atoms with E-state index in [-0.39, 0.29) is 17.7 Å². The molecule has 2 amide bonds. The molecule has 0 radical (unpaired) electrons. The van der Waals surface area contributed by atoms with E-state index < -0.39 is 6.04 Å². The van der Waals surface area contributed by atoms with Gasteiger partial charge in [0, 0.05) is 11.6 Å². The maximum absolute atomic E-state index is 12.2. The average Bonchev–Trinajstić information content (AvgIpc) is 2.50. The van der Waals surface area contributed by atoms with Crippen LogP contribution < -0.4 is 10.6 Å². The van der Waals surface area contributed by atoms with Crippen molar-refractivity contribution in [2.24, 2.45) is 5.92 Å². The van der Waals surface area contributed by atoms with Crippen LogP contribution in [0.1, 0.15) is 44.6 Å². The van der Waals surface area contributed by atoms with Crippen LogP contribution in [0.25, 0.3) is 0 Å². The third-order valence-electron chi connectivity index (χ3n) is 4.13. The Bertz CT molecular complexity index is 507. The molecule has 0 bridgehead atoms. The van der Waals surface area contributed by atoms with E-state index in [1.807, 2.05) is 31.2 Å². The minimum atomic E-state index is -0.515. The van der Waals surface area contributed by atoms with Gasteiger partial charge in [-0.05, 0) is 38.3 Å². The highest BCUT2D eigenvalue weighted by molar-refractivity contribution is 5.97. The number of benzene rings is 1. The molecule has 0 saturated heterocycles. The number of rotatable bonds is 4. The fourth-order valence-corrected chi connectivity index (χ4v) is 2.72. The molecule has 1 aromatic carbocycles. The summed E-state index contributed by atoms with van der Waals surface area (Å²) in [5.74, 6) is -0.0805. The minimum absolute atomic E-state index is 0.0159. The van der Waals surface area contributed by atoms with Crippen molar-refractivity contribution in [2.75, 3.05) is 5.32 Å². The SMILES string of the molecule is Cc1ccccc1NC(=O)[C@H](C)NC(=O)C1CCCCC1. The largest absolute Gasteiger partial charge is 0.344 e. The number of aryl methyl sites for hydroxylation is 1. The molecule has 0 spiro atoms. The predicted molar refractivity (Wildman–Crippen MR) is 84.0 cm³/mol. The first kappa shape index (κ1) is 15.5. The molecule has 4 nitrogen and oxygen atoms in total. The van der Waals surface area contributed by atoms with Crippen LogP contribution in [0, 0.1) is 12.8 Å². The Balaban J connectivity index is 1.87. The second-order valence-corrected chi connectivity index (χ2v) is 5.87. The predicted octanol–water partition coefficient (Wildman–Crippen LogP) is 3.02. The first-order valence-electron chi connectivity index (χ1n) is 7.75. The van der Waals surface area contributed by atoms with Gasteiger partial charge in [-0.2, -0.15) is 0 Å². The molecule has 0 unspecified atom stereocenters. The summed E-state index contributed by atoms with van der Waals surface area (Å²) in [6.45, 7) is 3.68. The summed E-state index contributed by atoms with van der Waals surface area (Å²) in [4.78, 5) is 24.3. The molecule has 4 heteroatoms. The summed E-state index contributed by atoms with van der Waals surface area (Å²) in [5.41, 5.74) is 1.80. The van der Waals surface area contributed by atoms with Gasteiger partial charge >= 0.3 is 0 Å². The number of hydrogen-bond donors (Lipinski definition) is 2. The Morgan fingerprint density at radius 2 is 1.81 bits per heavy atom. The Kier molecular flexibility index (Phi) is 5.37. The summed E-state index contributed by atoms with van der Waals surface area (Å²) < 4.78 is 0. The number of carbonyl (C=O) groups excluding carboxylic acids is 2. The number of nitrogens with one attached hydrogen (secondary N) is 2. The third-order valence-corrected chi connectivity index (χ3v) is 4.13. The van der Waals surface area contributed by atoms with E-state index in [1.165, 1.54) is 6.42 Å².